The molecule has 0 fully saturated rings. The highest BCUT2D eigenvalue weighted by Gasteiger charge is 2.34. The molecule has 0 bridgehead atoms. The molecule has 1 aliphatic rings. The van der Waals surface area contributed by atoms with Gasteiger partial charge in [0.1, 0.15) is 0 Å². The number of thiophene rings is 1. The summed E-state index contributed by atoms with van der Waals surface area (Å²) < 4.78 is 0. The summed E-state index contributed by atoms with van der Waals surface area (Å²) in [5.74, 6) is 0.579. The predicted molar refractivity (Wildman–Crippen MR) is 100 cm³/mol. The normalized spacial score (nSPS) is 14.7. The number of carbonyl (C=O) groups is 2. The number of nitrogens with zero attached hydrogens (tertiary/aromatic N) is 1. The van der Waals surface area contributed by atoms with E-state index in [2.05, 4.69) is 19.2 Å². The third-order valence-corrected chi connectivity index (χ3v) is 5.49. The number of carbonyl (C=O) groups excluding carboxylic acids is 2. The minimum atomic E-state index is -0.209. The Morgan fingerprint density at radius 3 is 2.72 bits per heavy atom. The van der Waals surface area contributed by atoms with Crippen molar-refractivity contribution < 1.29 is 9.59 Å². The molecule has 5 heteroatoms. The maximum Gasteiger partial charge on any atom is 0.255 e. The smallest absolute Gasteiger partial charge is 0.255 e. The number of rotatable bonds is 7. The molecule has 1 atom stereocenters. The zero-order valence-corrected chi connectivity index (χ0v) is 15.5. The van der Waals surface area contributed by atoms with Gasteiger partial charge < -0.3 is 10.2 Å². The van der Waals surface area contributed by atoms with E-state index in [1.807, 2.05) is 46.7 Å². The van der Waals surface area contributed by atoms with Crippen molar-refractivity contribution in [2.75, 3.05) is 6.54 Å². The molecule has 1 aromatic carbocycles. The van der Waals surface area contributed by atoms with Gasteiger partial charge in [0.15, 0.2) is 0 Å². The third-order valence-electron chi connectivity index (χ3n) is 4.52. The summed E-state index contributed by atoms with van der Waals surface area (Å²) in [6.07, 6.45) is 1.27. The van der Waals surface area contributed by atoms with Crippen molar-refractivity contribution in [2.45, 2.75) is 39.3 Å². The van der Waals surface area contributed by atoms with Gasteiger partial charge in [0.2, 0.25) is 5.91 Å². The van der Waals surface area contributed by atoms with Crippen LogP contribution in [0.4, 0.5) is 0 Å². The third kappa shape index (κ3) is 4.10. The number of fused-ring (bicyclic) bond motifs is 1. The molecule has 0 spiro atoms. The SMILES string of the molecule is CC(C)CCNC(=O)CC(c1cccs1)N1Cc2ccccc2C1=O. The fraction of sp³-hybridized carbons (Fsp3) is 0.400. The van der Waals surface area contributed by atoms with E-state index < -0.39 is 0 Å². The van der Waals surface area contributed by atoms with Gasteiger partial charge in [0.05, 0.1) is 12.5 Å². The van der Waals surface area contributed by atoms with Crippen molar-refractivity contribution in [3.8, 4) is 0 Å². The maximum absolute atomic E-state index is 12.8. The molecular formula is C20H24N2O2S. The van der Waals surface area contributed by atoms with Crippen molar-refractivity contribution in [3.63, 3.8) is 0 Å². The van der Waals surface area contributed by atoms with Crippen LogP contribution in [0.25, 0.3) is 0 Å². The van der Waals surface area contributed by atoms with E-state index in [0.29, 0.717) is 25.4 Å². The topological polar surface area (TPSA) is 49.4 Å². The molecule has 25 heavy (non-hydrogen) atoms. The van der Waals surface area contributed by atoms with Gasteiger partial charge in [-0.05, 0) is 35.4 Å². The van der Waals surface area contributed by atoms with Crippen LogP contribution < -0.4 is 5.32 Å². The molecule has 1 aliphatic heterocycles. The van der Waals surface area contributed by atoms with Crippen molar-refractivity contribution in [1.82, 2.24) is 10.2 Å². The molecule has 2 heterocycles. The average molecular weight is 356 g/mol. The van der Waals surface area contributed by atoms with E-state index >= 15 is 0 Å². The second-order valence-electron chi connectivity index (χ2n) is 6.86. The Morgan fingerprint density at radius 1 is 1.24 bits per heavy atom. The predicted octanol–water partition coefficient (Wildman–Crippen LogP) is 4.00. The van der Waals surface area contributed by atoms with Gasteiger partial charge in [0, 0.05) is 23.5 Å². The lowest BCUT2D eigenvalue weighted by Gasteiger charge is -2.26. The van der Waals surface area contributed by atoms with E-state index in [1.165, 1.54) is 0 Å². The highest BCUT2D eigenvalue weighted by atomic mass is 32.1. The molecule has 0 radical (unpaired) electrons. The van der Waals surface area contributed by atoms with E-state index in [4.69, 9.17) is 0 Å². The van der Waals surface area contributed by atoms with Crippen LogP contribution in [0.2, 0.25) is 0 Å². The summed E-state index contributed by atoms with van der Waals surface area (Å²) >= 11 is 1.60. The molecule has 1 unspecified atom stereocenters. The van der Waals surface area contributed by atoms with Gasteiger partial charge in [-0.15, -0.1) is 11.3 Å². The standard InChI is InChI=1S/C20H24N2O2S/c1-14(2)9-10-21-19(23)12-17(18-8-5-11-25-18)22-13-15-6-3-4-7-16(15)20(22)24/h3-8,11,14,17H,9-10,12-13H2,1-2H3,(H,21,23). The maximum atomic E-state index is 12.8. The Morgan fingerprint density at radius 2 is 2.04 bits per heavy atom. The first-order valence-electron chi connectivity index (χ1n) is 8.75. The van der Waals surface area contributed by atoms with Gasteiger partial charge in [-0.1, -0.05) is 38.1 Å². The summed E-state index contributed by atoms with van der Waals surface area (Å²) in [6, 6.07) is 11.5. The minimum absolute atomic E-state index is 0.00260. The van der Waals surface area contributed by atoms with Crippen LogP contribution in [0.1, 0.15) is 53.5 Å². The fourth-order valence-corrected chi connectivity index (χ4v) is 3.96. The van der Waals surface area contributed by atoms with Gasteiger partial charge >= 0.3 is 0 Å². The van der Waals surface area contributed by atoms with Gasteiger partial charge in [0.25, 0.3) is 5.91 Å². The van der Waals surface area contributed by atoms with E-state index in [-0.39, 0.29) is 17.9 Å². The second kappa shape index (κ2) is 7.83. The molecule has 3 rings (SSSR count). The number of nitrogens with one attached hydrogen (secondary N) is 1. The summed E-state index contributed by atoms with van der Waals surface area (Å²) in [4.78, 5) is 28.1. The first-order chi connectivity index (χ1) is 12.1. The lowest BCUT2D eigenvalue weighted by Crippen LogP contribution is -2.34. The van der Waals surface area contributed by atoms with Gasteiger partial charge in [-0.3, -0.25) is 9.59 Å². The quantitative estimate of drug-likeness (QED) is 0.815. The van der Waals surface area contributed by atoms with Crippen molar-refractivity contribution in [1.29, 1.82) is 0 Å². The lowest BCUT2D eigenvalue weighted by molar-refractivity contribution is -0.122. The van der Waals surface area contributed by atoms with Crippen LogP contribution >= 0.6 is 11.3 Å². The van der Waals surface area contributed by atoms with Crippen LogP contribution in [0, 0.1) is 5.92 Å². The molecule has 132 valence electrons. The van der Waals surface area contributed by atoms with Crippen LogP contribution in [0.15, 0.2) is 41.8 Å². The number of amides is 2. The van der Waals surface area contributed by atoms with Gasteiger partial charge in [-0.25, -0.2) is 0 Å². The summed E-state index contributed by atoms with van der Waals surface area (Å²) in [5.41, 5.74) is 1.79. The van der Waals surface area contributed by atoms with Crippen molar-refractivity contribution in [2.24, 2.45) is 5.92 Å². The molecule has 2 aromatic rings. The lowest BCUT2D eigenvalue weighted by atomic mass is 10.1. The Balaban J connectivity index is 1.74. The fourth-order valence-electron chi connectivity index (χ4n) is 3.12. The number of hydrogen-bond acceptors (Lipinski definition) is 3. The van der Waals surface area contributed by atoms with Crippen molar-refractivity contribution in [3.05, 3.63) is 57.8 Å². The molecule has 0 saturated carbocycles. The minimum Gasteiger partial charge on any atom is -0.356 e. The average Bonchev–Trinajstić information content (AvgIpc) is 3.21. The van der Waals surface area contributed by atoms with Crippen LogP contribution in [0.5, 0.6) is 0 Å². The Bertz CT molecular complexity index is 740. The van der Waals surface area contributed by atoms with Crippen molar-refractivity contribution >= 4 is 23.2 Å². The van der Waals surface area contributed by atoms with E-state index in [1.54, 1.807) is 11.3 Å². The van der Waals surface area contributed by atoms with Crippen LogP contribution in [-0.4, -0.2) is 23.3 Å². The summed E-state index contributed by atoms with van der Waals surface area (Å²) in [7, 11) is 0. The Labute approximate surface area is 152 Å². The molecule has 0 aliphatic carbocycles. The number of hydrogen-bond donors (Lipinski definition) is 1. The number of benzene rings is 1. The Kier molecular flexibility index (Phi) is 5.53. The second-order valence-corrected chi connectivity index (χ2v) is 7.84. The molecule has 4 nitrogen and oxygen atoms in total. The first kappa shape index (κ1) is 17.7. The highest BCUT2D eigenvalue weighted by molar-refractivity contribution is 7.10. The molecule has 1 N–H and O–H groups in total. The first-order valence-corrected chi connectivity index (χ1v) is 9.63. The molecular weight excluding hydrogens is 332 g/mol. The summed E-state index contributed by atoms with van der Waals surface area (Å²) in [5, 5.41) is 4.99. The van der Waals surface area contributed by atoms with E-state index in [0.717, 1.165) is 22.4 Å². The zero-order valence-electron chi connectivity index (χ0n) is 14.7. The van der Waals surface area contributed by atoms with Crippen LogP contribution in [0.3, 0.4) is 0 Å². The Hall–Kier alpha value is -2.14. The highest BCUT2D eigenvalue weighted by Crippen LogP contribution is 2.35. The van der Waals surface area contributed by atoms with Gasteiger partial charge in [-0.2, -0.15) is 0 Å². The molecule has 2 amide bonds. The van der Waals surface area contributed by atoms with Crippen LogP contribution in [-0.2, 0) is 11.3 Å². The molecule has 0 saturated heterocycles. The molecule has 1 aromatic heterocycles. The van der Waals surface area contributed by atoms with E-state index in [9.17, 15) is 9.59 Å². The summed E-state index contributed by atoms with van der Waals surface area (Å²) in [6.45, 7) is 5.53. The largest absolute Gasteiger partial charge is 0.356 e. The zero-order chi connectivity index (χ0) is 17.8. The monoisotopic (exact) mass is 356 g/mol.